The van der Waals surface area contributed by atoms with Crippen LogP contribution in [0.3, 0.4) is 0 Å². The van der Waals surface area contributed by atoms with Crippen LogP contribution in [0.4, 0.5) is 11.4 Å². The van der Waals surface area contributed by atoms with Crippen LogP contribution in [0, 0.1) is 0 Å². The molecule has 2 atom stereocenters. The summed E-state index contributed by atoms with van der Waals surface area (Å²) in [6, 6.07) is 7.13. The maximum absolute atomic E-state index is 10.5. The lowest BCUT2D eigenvalue weighted by Gasteiger charge is -2.22. The van der Waals surface area contributed by atoms with Gasteiger partial charge < -0.3 is 26.4 Å². The van der Waals surface area contributed by atoms with E-state index in [0.717, 1.165) is 35.1 Å². The van der Waals surface area contributed by atoms with Crippen LogP contribution >= 0.6 is 11.6 Å². The molecule has 0 aliphatic heterocycles. The first-order chi connectivity index (χ1) is 12.3. The van der Waals surface area contributed by atoms with E-state index in [1.165, 1.54) is 13.2 Å². The van der Waals surface area contributed by atoms with Crippen molar-refractivity contribution in [1.82, 2.24) is 0 Å². The highest BCUT2D eigenvalue weighted by atomic mass is 35.5. The van der Waals surface area contributed by atoms with Crippen LogP contribution in [0.2, 0.25) is 5.02 Å². The maximum atomic E-state index is 10.5. The monoisotopic (exact) mass is 378 g/mol. The molecule has 0 saturated heterocycles. The van der Waals surface area contributed by atoms with E-state index in [-0.39, 0.29) is 11.7 Å². The SMILES string of the molecule is CCCc1c(N)c(Cl)cc(O)c1C(C)c1ccc(CC(O)OC)cc1N. The number of rotatable bonds is 7. The van der Waals surface area contributed by atoms with Crippen LogP contribution in [0.5, 0.6) is 5.75 Å². The van der Waals surface area contributed by atoms with E-state index < -0.39 is 6.29 Å². The molecule has 5 nitrogen and oxygen atoms in total. The number of hydrogen-bond acceptors (Lipinski definition) is 5. The van der Waals surface area contributed by atoms with Gasteiger partial charge in [0.05, 0.1) is 10.7 Å². The molecule has 2 aromatic carbocycles. The fourth-order valence-corrected chi connectivity index (χ4v) is 3.53. The summed E-state index contributed by atoms with van der Waals surface area (Å²) in [5, 5.41) is 20.5. The minimum absolute atomic E-state index is 0.124. The number of aliphatic hydroxyl groups is 1. The third-order valence-electron chi connectivity index (χ3n) is 4.68. The largest absolute Gasteiger partial charge is 0.508 e. The summed E-state index contributed by atoms with van der Waals surface area (Å²) in [4.78, 5) is 0. The van der Waals surface area contributed by atoms with Gasteiger partial charge in [-0.2, -0.15) is 0 Å². The standard InChI is InChI=1S/C20H27ClN2O3/c1-4-5-14-19(17(24)10-15(21)20(14)23)11(2)13-7-6-12(8-16(13)22)9-18(25)26-3/h6-8,10-11,18,24-25H,4-5,9,22-23H2,1-3H3. The second kappa shape index (κ2) is 8.62. The lowest BCUT2D eigenvalue weighted by molar-refractivity contribution is -0.0720. The number of hydrogen-bond donors (Lipinski definition) is 4. The van der Waals surface area contributed by atoms with E-state index >= 15 is 0 Å². The molecule has 6 heteroatoms. The number of ether oxygens (including phenoxy) is 1. The molecule has 2 rings (SSSR count). The molecular formula is C20H27ClN2O3. The number of phenols is 1. The number of benzene rings is 2. The van der Waals surface area contributed by atoms with Crippen LogP contribution in [0.1, 0.15) is 48.4 Å². The van der Waals surface area contributed by atoms with Gasteiger partial charge in [0.2, 0.25) is 0 Å². The highest BCUT2D eigenvalue weighted by Gasteiger charge is 2.22. The molecule has 0 heterocycles. The van der Waals surface area contributed by atoms with Crippen molar-refractivity contribution in [3.05, 3.63) is 51.5 Å². The normalized spacial score (nSPS) is 13.6. The van der Waals surface area contributed by atoms with Gasteiger partial charge >= 0.3 is 0 Å². The van der Waals surface area contributed by atoms with E-state index in [2.05, 4.69) is 6.92 Å². The fourth-order valence-electron chi connectivity index (χ4n) is 3.31. The van der Waals surface area contributed by atoms with Gasteiger partial charge in [-0.25, -0.2) is 0 Å². The zero-order chi connectivity index (χ0) is 19.4. The van der Waals surface area contributed by atoms with Crippen molar-refractivity contribution in [3.63, 3.8) is 0 Å². The van der Waals surface area contributed by atoms with Crippen molar-refractivity contribution >= 4 is 23.0 Å². The molecule has 0 bridgehead atoms. The Bertz CT molecular complexity index is 780. The Labute approximate surface area is 159 Å². The van der Waals surface area contributed by atoms with Gasteiger partial charge in [-0.3, -0.25) is 0 Å². The van der Waals surface area contributed by atoms with Gasteiger partial charge in [-0.1, -0.05) is 44.0 Å². The number of nitrogen functional groups attached to an aromatic ring is 2. The molecule has 6 N–H and O–H groups in total. The summed E-state index contributed by atoms with van der Waals surface area (Å²) >= 11 is 6.15. The number of aliphatic hydroxyl groups excluding tert-OH is 1. The molecule has 142 valence electrons. The Kier molecular flexibility index (Phi) is 6.75. The predicted molar refractivity (Wildman–Crippen MR) is 107 cm³/mol. The Balaban J connectivity index is 2.46. The molecule has 0 spiro atoms. The molecule has 26 heavy (non-hydrogen) atoms. The smallest absolute Gasteiger partial charge is 0.158 e. The molecule has 0 amide bonds. The van der Waals surface area contributed by atoms with Gasteiger partial charge in [-0.05, 0) is 29.2 Å². The molecule has 0 aliphatic carbocycles. The van der Waals surface area contributed by atoms with E-state index in [0.29, 0.717) is 22.8 Å². The molecule has 0 fully saturated rings. The van der Waals surface area contributed by atoms with Crippen molar-refractivity contribution < 1.29 is 14.9 Å². The zero-order valence-electron chi connectivity index (χ0n) is 15.4. The minimum Gasteiger partial charge on any atom is -0.508 e. The van der Waals surface area contributed by atoms with Crippen molar-refractivity contribution in [2.24, 2.45) is 0 Å². The highest BCUT2D eigenvalue weighted by Crippen LogP contribution is 2.42. The molecule has 0 aromatic heterocycles. The fraction of sp³-hybridized carbons (Fsp3) is 0.400. The van der Waals surface area contributed by atoms with E-state index in [4.69, 9.17) is 27.8 Å². The Morgan fingerprint density at radius 2 is 1.92 bits per heavy atom. The first-order valence-corrected chi connectivity index (χ1v) is 9.06. The van der Waals surface area contributed by atoms with Crippen LogP contribution < -0.4 is 11.5 Å². The number of halogens is 1. The van der Waals surface area contributed by atoms with Crippen LogP contribution in [-0.2, 0) is 17.6 Å². The molecule has 0 saturated carbocycles. The zero-order valence-corrected chi connectivity index (χ0v) is 16.2. The van der Waals surface area contributed by atoms with Crippen LogP contribution in [0.25, 0.3) is 0 Å². The second-order valence-electron chi connectivity index (χ2n) is 6.51. The minimum atomic E-state index is -0.867. The first-order valence-electron chi connectivity index (χ1n) is 8.68. The summed E-state index contributed by atoms with van der Waals surface area (Å²) in [5.41, 5.74) is 16.9. The maximum Gasteiger partial charge on any atom is 0.158 e. The topological polar surface area (TPSA) is 102 Å². The van der Waals surface area contributed by atoms with Gasteiger partial charge in [0, 0.05) is 36.8 Å². The Morgan fingerprint density at radius 3 is 2.50 bits per heavy atom. The number of aromatic hydroxyl groups is 1. The first kappa shape index (κ1) is 20.4. The molecular weight excluding hydrogens is 352 g/mol. The lowest BCUT2D eigenvalue weighted by atomic mass is 9.85. The van der Waals surface area contributed by atoms with Crippen molar-refractivity contribution in [3.8, 4) is 5.75 Å². The third-order valence-corrected chi connectivity index (χ3v) is 4.99. The highest BCUT2D eigenvalue weighted by molar-refractivity contribution is 6.33. The average molecular weight is 379 g/mol. The summed E-state index contributed by atoms with van der Waals surface area (Å²) in [6.45, 7) is 4.03. The van der Waals surface area contributed by atoms with Crippen molar-refractivity contribution in [1.29, 1.82) is 0 Å². The lowest BCUT2D eigenvalue weighted by Crippen LogP contribution is -2.13. The molecule has 2 unspecified atom stereocenters. The summed E-state index contributed by atoms with van der Waals surface area (Å²) < 4.78 is 4.88. The van der Waals surface area contributed by atoms with E-state index in [9.17, 15) is 10.2 Å². The van der Waals surface area contributed by atoms with Gasteiger partial charge in [0.25, 0.3) is 0 Å². The van der Waals surface area contributed by atoms with Crippen LogP contribution in [0.15, 0.2) is 24.3 Å². The van der Waals surface area contributed by atoms with Crippen molar-refractivity contribution in [2.45, 2.75) is 45.3 Å². The van der Waals surface area contributed by atoms with Crippen molar-refractivity contribution in [2.75, 3.05) is 18.6 Å². The number of nitrogens with two attached hydrogens (primary N) is 2. The third kappa shape index (κ3) is 4.23. The average Bonchev–Trinajstić information content (AvgIpc) is 2.59. The molecule has 0 aliphatic rings. The molecule has 2 aromatic rings. The summed E-state index contributed by atoms with van der Waals surface area (Å²) in [7, 11) is 1.45. The van der Waals surface area contributed by atoms with Gasteiger partial charge in [0.1, 0.15) is 5.75 Å². The molecule has 0 radical (unpaired) electrons. The van der Waals surface area contributed by atoms with Crippen LogP contribution in [-0.4, -0.2) is 23.6 Å². The Hall–Kier alpha value is -1.95. The Morgan fingerprint density at radius 1 is 1.23 bits per heavy atom. The summed E-state index contributed by atoms with van der Waals surface area (Å²) in [5.74, 6) is -0.0315. The second-order valence-corrected chi connectivity index (χ2v) is 6.92. The number of methoxy groups -OCH3 is 1. The van der Waals surface area contributed by atoms with E-state index in [1.54, 1.807) is 0 Å². The number of phenolic OH excluding ortho intramolecular Hbond substituents is 1. The number of anilines is 2. The quantitative estimate of drug-likeness (QED) is 0.333. The van der Waals surface area contributed by atoms with Gasteiger partial charge in [0.15, 0.2) is 6.29 Å². The van der Waals surface area contributed by atoms with E-state index in [1.807, 2.05) is 25.1 Å². The van der Waals surface area contributed by atoms with Gasteiger partial charge in [-0.15, -0.1) is 0 Å². The summed E-state index contributed by atoms with van der Waals surface area (Å²) in [6.07, 6.45) is 1.09. The predicted octanol–water partition coefficient (Wildman–Crippen LogP) is 3.82.